The van der Waals surface area contributed by atoms with Crippen LogP contribution in [0.1, 0.15) is 37.6 Å². The first kappa shape index (κ1) is 14.3. The summed E-state index contributed by atoms with van der Waals surface area (Å²) < 4.78 is 0. The second kappa shape index (κ2) is 5.71. The lowest BCUT2D eigenvalue weighted by Crippen LogP contribution is -2.31. The highest BCUT2D eigenvalue weighted by Gasteiger charge is 2.16. The van der Waals surface area contributed by atoms with E-state index >= 15 is 0 Å². The molecule has 1 heterocycles. The van der Waals surface area contributed by atoms with Crippen molar-refractivity contribution < 1.29 is 9.90 Å². The zero-order valence-corrected chi connectivity index (χ0v) is 11.3. The van der Waals surface area contributed by atoms with Gasteiger partial charge in [-0.25, -0.2) is 9.78 Å². The zero-order valence-electron chi connectivity index (χ0n) is 11.3. The first-order valence-corrected chi connectivity index (χ1v) is 6.04. The first-order valence-electron chi connectivity index (χ1n) is 6.04. The van der Waals surface area contributed by atoms with Gasteiger partial charge in [0.2, 0.25) is 0 Å². The molecule has 0 aliphatic rings. The number of carbonyl (C=O) groups is 1. The Balaban J connectivity index is 2.96. The van der Waals surface area contributed by atoms with Crippen molar-refractivity contribution in [2.75, 3.05) is 17.7 Å². The van der Waals surface area contributed by atoms with Crippen molar-refractivity contribution in [3.05, 3.63) is 17.8 Å². The molecule has 18 heavy (non-hydrogen) atoms. The number of rotatable bonds is 5. The van der Waals surface area contributed by atoms with E-state index in [0.29, 0.717) is 17.8 Å². The fraction of sp³-hybridized carbons (Fsp3) is 0.538. The van der Waals surface area contributed by atoms with Gasteiger partial charge in [-0.15, -0.1) is 0 Å². The molecule has 1 rings (SSSR count). The Morgan fingerprint density at radius 3 is 2.61 bits per heavy atom. The Hall–Kier alpha value is -1.78. The molecular formula is C13H21N3O2. The summed E-state index contributed by atoms with van der Waals surface area (Å²) in [6, 6.07) is 1.82. The van der Waals surface area contributed by atoms with Crippen LogP contribution in [0.5, 0.6) is 0 Å². The highest BCUT2D eigenvalue weighted by molar-refractivity contribution is 5.94. The second-order valence-corrected chi connectivity index (χ2v) is 5.02. The highest BCUT2D eigenvalue weighted by atomic mass is 16.4. The summed E-state index contributed by atoms with van der Waals surface area (Å²) in [5.41, 5.74) is 5.88. The average molecular weight is 251 g/mol. The van der Waals surface area contributed by atoms with E-state index < -0.39 is 5.97 Å². The van der Waals surface area contributed by atoms with Gasteiger partial charge in [0.05, 0.1) is 17.4 Å². The van der Waals surface area contributed by atoms with E-state index in [-0.39, 0.29) is 11.3 Å². The first-order chi connectivity index (χ1) is 8.32. The van der Waals surface area contributed by atoms with E-state index in [0.717, 1.165) is 6.42 Å². The van der Waals surface area contributed by atoms with Crippen LogP contribution in [0.3, 0.4) is 0 Å². The van der Waals surface area contributed by atoms with E-state index in [1.54, 1.807) is 0 Å². The molecule has 3 N–H and O–H groups in total. The SMILES string of the molecule is CC(C)CC(C)N(C)c1cc(C(=O)O)c(N)cn1. The third-order valence-corrected chi connectivity index (χ3v) is 2.99. The summed E-state index contributed by atoms with van der Waals surface area (Å²) in [6.45, 7) is 6.41. The molecule has 0 bridgehead atoms. The maximum atomic E-state index is 11.0. The molecule has 0 saturated heterocycles. The second-order valence-electron chi connectivity index (χ2n) is 5.02. The van der Waals surface area contributed by atoms with Crippen LogP contribution in [0.15, 0.2) is 12.3 Å². The number of hydrogen-bond donors (Lipinski definition) is 2. The minimum absolute atomic E-state index is 0.101. The van der Waals surface area contributed by atoms with Crippen LogP contribution >= 0.6 is 0 Å². The van der Waals surface area contributed by atoms with Gasteiger partial charge >= 0.3 is 5.97 Å². The molecule has 5 nitrogen and oxygen atoms in total. The van der Waals surface area contributed by atoms with Crippen molar-refractivity contribution in [2.24, 2.45) is 5.92 Å². The fourth-order valence-electron chi connectivity index (χ4n) is 1.90. The molecule has 0 aromatic carbocycles. The third-order valence-electron chi connectivity index (χ3n) is 2.99. The predicted octanol–water partition coefficient (Wildman–Crippen LogP) is 2.23. The maximum absolute atomic E-state index is 11.0. The Labute approximate surface area is 108 Å². The number of carboxylic acids is 1. The summed E-state index contributed by atoms with van der Waals surface area (Å²) in [5.74, 6) is 0.186. The van der Waals surface area contributed by atoms with Gasteiger partial charge in [-0.05, 0) is 25.3 Å². The molecule has 0 fully saturated rings. The average Bonchev–Trinajstić information content (AvgIpc) is 2.27. The van der Waals surface area contributed by atoms with Crippen LogP contribution in [-0.4, -0.2) is 29.1 Å². The van der Waals surface area contributed by atoms with Crippen molar-refractivity contribution in [1.29, 1.82) is 0 Å². The van der Waals surface area contributed by atoms with Gasteiger partial charge < -0.3 is 15.7 Å². The number of aromatic nitrogens is 1. The van der Waals surface area contributed by atoms with Crippen molar-refractivity contribution in [2.45, 2.75) is 33.2 Å². The molecule has 1 aromatic heterocycles. The topological polar surface area (TPSA) is 79.5 Å². The molecule has 0 aliphatic heterocycles. The highest BCUT2D eigenvalue weighted by Crippen LogP contribution is 2.21. The molecule has 0 amide bonds. The summed E-state index contributed by atoms with van der Waals surface area (Å²) in [5, 5.41) is 9.03. The molecule has 1 aromatic rings. The number of anilines is 2. The molecule has 0 spiro atoms. The number of pyridine rings is 1. The quantitative estimate of drug-likeness (QED) is 0.839. The van der Waals surface area contributed by atoms with Crippen molar-refractivity contribution >= 4 is 17.5 Å². The number of hydrogen-bond acceptors (Lipinski definition) is 4. The molecule has 5 heteroatoms. The number of aromatic carboxylic acids is 1. The number of nitrogens with zero attached hydrogens (tertiary/aromatic N) is 2. The van der Waals surface area contributed by atoms with Gasteiger partial charge in [0.25, 0.3) is 0 Å². The summed E-state index contributed by atoms with van der Waals surface area (Å²) in [7, 11) is 1.91. The summed E-state index contributed by atoms with van der Waals surface area (Å²) >= 11 is 0. The molecule has 1 atom stereocenters. The minimum Gasteiger partial charge on any atom is -0.478 e. The Bertz CT molecular complexity index is 432. The predicted molar refractivity (Wildman–Crippen MR) is 72.9 cm³/mol. The Morgan fingerprint density at radius 2 is 2.11 bits per heavy atom. The molecular weight excluding hydrogens is 230 g/mol. The van der Waals surface area contributed by atoms with E-state index in [1.807, 2.05) is 11.9 Å². The molecule has 0 aliphatic carbocycles. The zero-order chi connectivity index (χ0) is 13.9. The lowest BCUT2D eigenvalue weighted by atomic mass is 10.0. The van der Waals surface area contributed by atoms with E-state index in [9.17, 15) is 4.79 Å². The van der Waals surface area contributed by atoms with E-state index in [1.165, 1.54) is 12.3 Å². The normalized spacial score (nSPS) is 12.5. The van der Waals surface area contributed by atoms with Crippen LogP contribution < -0.4 is 10.6 Å². The molecule has 0 radical (unpaired) electrons. The summed E-state index contributed by atoms with van der Waals surface area (Å²) in [6.07, 6.45) is 2.42. The van der Waals surface area contributed by atoms with Gasteiger partial charge in [0, 0.05) is 13.1 Å². The Kier molecular flexibility index (Phi) is 4.53. The fourth-order valence-corrected chi connectivity index (χ4v) is 1.90. The van der Waals surface area contributed by atoms with Gasteiger partial charge in [0.15, 0.2) is 0 Å². The Morgan fingerprint density at radius 1 is 1.50 bits per heavy atom. The molecule has 1 unspecified atom stereocenters. The largest absolute Gasteiger partial charge is 0.478 e. The van der Waals surface area contributed by atoms with Gasteiger partial charge in [-0.3, -0.25) is 0 Å². The number of carboxylic acid groups (broad SMARTS) is 1. The van der Waals surface area contributed by atoms with Crippen LogP contribution in [0.25, 0.3) is 0 Å². The van der Waals surface area contributed by atoms with Crippen molar-refractivity contribution in [1.82, 2.24) is 4.98 Å². The molecule has 0 saturated carbocycles. The van der Waals surface area contributed by atoms with Gasteiger partial charge in [0.1, 0.15) is 5.82 Å². The maximum Gasteiger partial charge on any atom is 0.337 e. The lowest BCUT2D eigenvalue weighted by molar-refractivity contribution is 0.0698. The number of nitrogen functional groups attached to an aromatic ring is 1. The van der Waals surface area contributed by atoms with Gasteiger partial charge in [-0.2, -0.15) is 0 Å². The minimum atomic E-state index is -1.03. The third kappa shape index (κ3) is 3.35. The standard InChI is InChI=1S/C13H21N3O2/c1-8(2)5-9(3)16(4)12-6-10(13(17)18)11(14)7-15-12/h6-9H,5,14H2,1-4H3,(H,17,18). The number of nitrogens with two attached hydrogens (primary N) is 1. The van der Waals surface area contributed by atoms with Crippen molar-refractivity contribution in [3.63, 3.8) is 0 Å². The molecule has 100 valence electrons. The van der Waals surface area contributed by atoms with E-state index in [4.69, 9.17) is 10.8 Å². The van der Waals surface area contributed by atoms with E-state index in [2.05, 4.69) is 25.8 Å². The van der Waals surface area contributed by atoms with Crippen LogP contribution in [0.4, 0.5) is 11.5 Å². The van der Waals surface area contributed by atoms with Crippen molar-refractivity contribution in [3.8, 4) is 0 Å². The lowest BCUT2D eigenvalue weighted by Gasteiger charge is -2.27. The monoisotopic (exact) mass is 251 g/mol. The summed E-state index contributed by atoms with van der Waals surface area (Å²) in [4.78, 5) is 17.2. The van der Waals surface area contributed by atoms with Gasteiger partial charge in [-0.1, -0.05) is 13.8 Å². The smallest absolute Gasteiger partial charge is 0.337 e. The van der Waals surface area contributed by atoms with Crippen LogP contribution in [-0.2, 0) is 0 Å². The van der Waals surface area contributed by atoms with Crippen LogP contribution in [0.2, 0.25) is 0 Å². The van der Waals surface area contributed by atoms with Crippen LogP contribution in [0, 0.1) is 5.92 Å².